The Labute approximate surface area is 228 Å². The third-order valence-corrected chi connectivity index (χ3v) is 7.33. The van der Waals surface area contributed by atoms with E-state index in [0.29, 0.717) is 0 Å². The minimum absolute atomic E-state index is 2.56. The molecule has 1 atom stereocenters. The molecule has 0 nitrogen and oxygen atoms in total. The van der Waals surface area contributed by atoms with Gasteiger partial charge in [0.05, 0.1) is 5.56 Å². The van der Waals surface area contributed by atoms with Crippen LogP contribution in [0.15, 0.2) is 0 Å². The number of hydrogen-bond donors (Lipinski definition) is 0. The zero-order chi connectivity index (χ0) is 33.6. The van der Waals surface area contributed by atoms with Gasteiger partial charge in [0.25, 0.3) is 0 Å². The Morgan fingerprint density at radius 2 is 0.614 bits per heavy atom. The Bertz CT molecular complexity index is 1760. The summed E-state index contributed by atoms with van der Waals surface area (Å²) >= 11 is 0. The molecule has 3 aromatic carbocycles. The molecule has 0 aromatic heterocycles. The SMILES string of the molecule is Fc1c(F)c(F)c2c(c1F)-c1c(F)c(F)c(F)c(F)c1C2(F)BC1(F)c2c(F)c(F)c(F)c(F)c2C(F)(F)C(F)(F)C1(F)F. The van der Waals surface area contributed by atoms with E-state index in [9.17, 15) is 70.2 Å². The summed E-state index contributed by atoms with van der Waals surface area (Å²) < 4.78 is 294. The molecule has 21 heteroatoms. The zero-order valence-corrected chi connectivity index (χ0v) is 19.8. The fraction of sp³-hybridized carbons (Fsp3) is 0.217. The predicted molar refractivity (Wildman–Crippen MR) is 103 cm³/mol. The van der Waals surface area contributed by atoms with Gasteiger partial charge in [0.15, 0.2) is 75.4 Å². The number of hydrogen-bond acceptors (Lipinski definition) is 0. The summed E-state index contributed by atoms with van der Waals surface area (Å²) in [6.07, 6.45) is 0. The minimum Gasteiger partial charge on any atom is -0.243 e. The molecule has 0 aliphatic heterocycles. The number of alkyl halides is 8. The van der Waals surface area contributed by atoms with Gasteiger partial charge in [-0.05, 0) is 0 Å². The van der Waals surface area contributed by atoms with Crippen molar-refractivity contribution in [1.29, 1.82) is 0 Å². The van der Waals surface area contributed by atoms with Gasteiger partial charge in [-0.15, -0.1) is 0 Å². The van der Waals surface area contributed by atoms with Gasteiger partial charge in [-0.3, -0.25) is 0 Å². The van der Waals surface area contributed by atoms with Crippen molar-refractivity contribution in [2.45, 2.75) is 28.9 Å². The van der Waals surface area contributed by atoms with Crippen LogP contribution in [-0.4, -0.2) is 19.1 Å². The molecule has 0 radical (unpaired) electrons. The van der Waals surface area contributed by atoms with Gasteiger partial charge >= 0.3 is 17.8 Å². The standard InChI is InChI=1S/C23HBF20/c25-7-1-2-4(10(28)16(34)14(32)8(2)26)19(37,3(1)9(27)15(33)13(7)31)24-20(38)5-6(12(30)18(36)17(35)11(5)29)21(39,40)23(43,44)22(20,41)42/h24H. The van der Waals surface area contributed by atoms with E-state index in [-0.39, 0.29) is 0 Å². The molecule has 44 heavy (non-hydrogen) atoms. The highest BCUT2D eigenvalue weighted by Gasteiger charge is 2.86. The lowest BCUT2D eigenvalue weighted by atomic mass is 9.42. The monoisotopic (exact) mass is 668 g/mol. The van der Waals surface area contributed by atoms with E-state index in [1.165, 1.54) is 0 Å². The third kappa shape index (κ3) is 3.19. The van der Waals surface area contributed by atoms with Crippen LogP contribution in [0.1, 0.15) is 22.3 Å². The van der Waals surface area contributed by atoms with Crippen molar-refractivity contribution in [3.63, 3.8) is 0 Å². The maximum atomic E-state index is 16.7. The first-order chi connectivity index (χ1) is 19.9. The first kappa shape index (κ1) is 31.7. The predicted octanol–water partition coefficient (Wildman–Crippen LogP) is 8.14. The lowest BCUT2D eigenvalue weighted by Gasteiger charge is -2.48. The molecule has 0 saturated carbocycles. The van der Waals surface area contributed by atoms with Crippen LogP contribution in [0.5, 0.6) is 0 Å². The molecule has 5 rings (SSSR count). The highest BCUT2D eigenvalue weighted by atomic mass is 19.3. The van der Waals surface area contributed by atoms with Crippen LogP contribution in [0.25, 0.3) is 11.1 Å². The van der Waals surface area contributed by atoms with E-state index >= 15 is 17.6 Å². The van der Waals surface area contributed by atoms with Crippen molar-refractivity contribution in [2.24, 2.45) is 0 Å². The van der Waals surface area contributed by atoms with Crippen LogP contribution in [0.3, 0.4) is 0 Å². The second-order valence-corrected chi connectivity index (χ2v) is 9.52. The molecule has 0 spiro atoms. The molecule has 2 aliphatic rings. The molecule has 3 aromatic rings. The molecule has 0 N–H and O–H groups in total. The minimum atomic E-state index is -7.45. The van der Waals surface area contributed by atoms with Crippen LogP contribution < -0.4 is 0 Å². The largest absolute Gasteiger partial charge is 0.379 e. The maximum absolute atomic E-state index is 16.7. The smallest absolute Gasteiger partial charge is 0.243 e. The molecular formula is C23HBF20. The highest BCUT2D eigenvalue weighted by molar-refractivity contribution is 6.46. The van der Waals surface area contributed by atoms with E-state index in [1.54, 1.807) is 0 Å². The number of fused-ring (bicyclic) bond motifs is 4. The number of rotatable bonds is 2. The summed E-state index contributed by atoms with van der Waals surface area (Å²) in [5.41, 5.74) is -30.5. The Morgan fingerprint density at radius 3 is 0.977 bits per heavy atom. The quantitative estimate of drug-likeness (QED) is 0.112. The maximum Gasteiger partial charge on any atom is 0.379 e. The Morgan fingerprint density at radius 1 is 0.318 bits per heavy atom. The van der Waals surface area contributed by atoms with E-state index in [0.717, 1.165) is 0 Å². The lowest BCUT2D eigenvalue weighted by Crippen LogP contribution is -2.69. The van der Waals surface area contributed by atoms with Gasteiger partial charge in [-0.2, -0.15) is 26.3 Å². The second kappa shape index (κ2) is 8.73. The lowest BCUT2D eigenvalue weighted by molar-refractivity contribution is -0.351. The van der Waals surface area contributed by atoms with Crippen molar-refractivity contribution >= 4 is 7.28 Å². The van der Waals surface area contributed by atoms with E-state index in [1.807, 2.05) is 0 Å². The first-order valence-electron chi connectivity index (χ1n) is 11.0. The topological polar surface area (TPSA) is 0 Å². The average Bonchev–Trinajstić information content (AvgIpc) is 3.20. The molecular weight excluding hydrogens is 667 g/mol. The van der Waals surface area contributed by atoms with E-state index < -0.39 is 139 Å². The molecule has 2 aliphatic carbocycles. The van der Waals surface area contributed by atoms with Crippen molar-refractivity contribution in [3.8, 4) is 11.1 Å². The third-order valence-electron chi connectivity index (χ3n) is 7.33. The number of benzene rings is 3. The van der Waals surface area contributed by atoms with Gasteiger partial charge in [0, 0.05) is 27.8 Å². The van der Waals surface area contributed by atoms with Crippen molar-refractivity contribution in [1.82, 2.24) is 0 Å². The zero-order valence-electron chi connectivity index (χ0n) is 19.8. The van der Waals surface area contributed by atoms with Crippen LogP contribution in [-0.2, 0) is 17.1 Å². The number of halogens is 20. The molecule has 0 amide bonds. The highest BCUT2D eigenvalue weighted by Crippen LogP contribution is 2.67. The Kier molecular flexibility index (Phi) is 6.30. The van der Waals surface area contributed by atoms with Crippen LogP contribution >= 0.6 is 0 Å². The average molecular weight is 668 g/mol. The summed E-state index contributed by atoms with van der Waals surface area (Å²) in [6, 6.07) is 0. The first-order valence-corrected chi connectivity index (χ1v) is 11.0. The summed E-state index contributed by atoms with van der Waals surface area (Å²) in [6.45, 7) is 0. The van der Waals surface area contributed by atoms with Gasteiger partial charge in [-0.1, -0.05) is 0 Å². The summed E-state index contributed by atoms with van der Waals surface area (Å²) in [5, 5.41) is 0. The van der Waals surface area contributed by atoms with Gasteiger partial charge in [0.2, 0.25) is 7.28 Å². The summed E-state index contributed by atoms with van der Waals surface area (Å²) in [5.74, 6) is -61.4. The van der Waals surface area contributed by atoms with Crippen molar-refractivity contribution in [2.75, 3.05) is 0 Å². The summed E-state index contributed by atoms with van der Waals surface area (Å²) in [7, 11) is -3.89. The fourth-order valence-electron chi connectivity index (χ4n) is 5.37. The van der Waals surface area contributed by atoms with Crippen LogP contribution in [0.4, 0.5) is 87.8 Å². The molecule has 0 saturated heterocycles. The molecule has 0 bridgehead atoms. The van der Waals surface area contributed by atoms with Crippen LogP contribution in [0.2, 0.25) is 0 Å². The van der Waals surface area contributed by atoms with E-state index in [4.69, 9.17) is 0 Å². The van der Waals surface area contributed by atoms with Crippen molar-refractivity contribution in [3.05, 3.63) is 92.1 Å². The van der Waals surface area contributed by atoms with Crippen molar-refractivity contribution < 1.29 is 87.8 Å². The fourth-order valence-corrected chi connectivity index (χ4v) is 5.37. The van der Waals surface area contributed by atoms with Gasteiger partial charge in [0.1, 0.15) is 5.57 Å². The molecule has 1 unspecified atom stereocenters. The molecule has 236 valence electrons. The second-order valence-electron chi connectivity index (χ2n) is 9.52. The molecule has 0 heterocycles. The Hall–Kier alpha value is -3.68. The van der Waals surface area contributed by atoms with Crippen LogP contribution in [0, 0.1) is 69.8 Å². The van der Waals surface area contributed by atoms with E-state index in [2.05, 4.69) is 0 Å². The normalized spacial score (nSPS) is 22.0. The molecule has 0 fully saturated rings. The van der Waals surface area contributed by atoms with Gasteiger partial charge < -0.3 is 0 Å². The Balaban J connectivity index is 2.01. The van der Waals surface area contributed by atoms with Gasteiger partial charge in [-0.25, -0.2) is 61.5 Å². The summed E-state index contributed by atoms with van der Waals surface area (Å²) in [4.78, 5) is 0.